The van der Waals surface area contributed by atoms with E-state index >= 15 is 0 Å². The van der Waals surface area contributed by atoms with Crippen LogP contribution in [0.1, 0.15) is 44.3 Å². The highest BCUT2D eigenvalue weighted by molar-refractivity contribution is 7.99. The minimum atomic E-state index is -0.554. The fourth-order valence-electron chi connectivity index (χ4n) is 3.01. The maximum absolute atomic E-state index is 12.1. The summed E-state index contributed by atoms with van der Waals surface area (Å²) in [6, 6.07) is 9.61. The number of hydrogen-bond acceptors (Lipinski definition) is 3. The standard InChI is InChI=1S/C17H26N2O2S/c1-12(11-15(20)13-7-4-3-5-8-13)18-17(21)19-14-9-6-10-16(14)22-2/h3-5,7-8,12,14-16,20H,6,9-11H2,1-2H3,(H2,18,19,21)/t12-,14+,15-,16-/m1/s1. The van der Waals surface area contributed by atoms with Gasteiger partial charge in [-0.3, -0.25) is 0 Å². The Labute approximate surface area is 137 Å². The quantitative estimate of drug-likeness (QED) is 0.754. The van der Waals surface area contributed by atoms with Crippen molar-refractivity contribution < 1.29 is 9.90 Å². The molecule has 0 heterocycles. The van der Waals surface area contributed by atoms with Gasteiger partial charge in [0.05, 0.1) is 6.10 Å². The topological polar surface area (TPSA) is 61.4 Å². The number of aliphatic hydroxyl groups excluding tert-OH is 1. The smallest absolute Gasteiger partial charge is 0.315 e. The van der Waals surface area contributed by atoms with Crippen LogP contribution in [0, 0.1) is 0 Å². The van der Waals surface area contributed by atoms with Gasteiger partial charge in [-0.2, -0.15) is 11.8 Å². The first-order chi connectivity index (χ1) is 10.6. The molecule has 0 aliphatic heterocycles. The van der Waals surface area contributed by atoms with Crippen molar-refractivity contribution in [2.75, 3.05) is 6.26 Å². The van der Waals surface area contributed by atoms with Gasteiger partial charge in [0, 0.05) is 17.3 Å². The lowest BCUT2D eigenvalue weighted by molar-refractivity contribution is 0.154. The Morgan fingerprint density at radius 2 is 2.09 bits per heavy atom. The Balaban J connectivity index is 1.76. The molecule has 3 N–H and O–H groups in total. The number of nitrogens with one attached hydrogen (secondary N) is 2. The van der Waals surface area contributed by atoms with Gasteiger partial charge >= 0.3 is 6.03 Å². The fourth-order valence-corrected chi connectivity index (χ4v) is 3.95. The molecule has 1 aliphatic carbocycles. The van der Waals surface area contributed by atoms with E-state index in [1.54, 1.807) is 0 Å². The molecular weight excluding hydrogens is 296 g/mol. The Hall–Kier alpha value is -1.20. The van der Waals surface area contributed by atoms with E-state index in [9.17, 15) is 9.90 Å². The van der Waals surface area contributed by atoms with Gasteiger partial charge in [-0.15, -0.1) is 0 Å². The van der Waals surface area contributed by atoms with E-state index in [2.05, 4.69) is 16.9 Å². The first kappa shape index (κ1) is 17.2. The highest BCUT2D eigenvalue weighted by atomic mass is 32.2. The number of benzene rings is 1. The zero-order valence-electron chi connectivity index (χ0n) is 13.3. The molecule has 0 aromatic heterocycles. The third-order valence-corrected chi connectivity index (χ3v) is 5.38. The largest absolute Gasteiger partial charge is 0.388 e. The Morgan fingerprint density at radius 1 is 1.36 bits per heavy atom. The van der Waals surface area contributed by atoms with E-state index in [1.165, 1.54) is 12.8 Å². The van der Waals surface area contributed by atoms with Crippen molar-refractivity contribution in [3.05, 3.63) is 35.9 Å². The van der Waals surface area contributed by atoms with Crippen LogP contribution in [-0.4, -0.2) is 34.7 Å². The van der Waals surface area contributed by atoms with Crippen LogP contribution in [0.5, 0.6) is 0 Å². The lowest BCUT2D eigenvalue weighted by atomic mass is 10.0. The van der Waals surface area contributed by atoms with Gasteiger partial charge in [-0.05, 0) is 38.0 Å². The fraction of sp³-hybridized carbons (Fsp3) is 0.588. The molecule has 1 fully saturated rings. The SMILES string of the molecule is CS[C@@H]1CCC[C@@H]1NC(=O)N[C@H](C)C[C@@H](O)c1ccccc1. The predicted molar refractivity (Wildman–Crippen MR) is 92.1 cm³/mol. The second-order valence-electron chi connectivity index (χ2n) is 5.99. The average molecular weight is 322 g/mol. The molecule has 0 radical (unpaired) electrons. The number of amides is 2. The molecule has 0 unspecified atom stereocenters. The van der Waals surface area contributed by atoms with Crippen LogP contribution < -0.4 is 10.6 Å². The van der Waals surface area contributed by atoms with Crippen LogP contribution in [-0.2, 0) is 0 Å². The Morgan fingerprint density at radius 3 is 2.77 bits per heavy atom. The summed E-state index contributed by atoms with van der Waals surface area (Å²) in [6.45, 7) is 1.92. The normalized spacial score (nSPS) is 23.8. The summed E-state index contributed by atoms with van der Waals surface area (Å²) in [6.07, 6.45) is 5.46. The van der Waals surface area contributed by atoms with E-state index in [1.807, 2.05) is 49.0 Å². The molecule has 1 aliphatic rings. The highest BCUT2D eigenvalue weighted by Gasteiger charge is 2.28. The molecule has 0 bridgehead atoms. The Bertz CT molecular complexity index is 469. The summed E-state index contributed by atoms with van der Waals surface area (Å²) in [4.78, 5) is 12.1. The van der Waals surface area contributed by atoms with Gasteiger partial charge in [-0.25, -0.2) is 4.79 Å². The third kappa shape index (κ3) is 4.92. The highest BCUT2D eigenvalue weighted by Crippen LogP contribution is 2.28. The molecule has 0 spiro atoms. The summed E-state index contributed by atoms with van der Waals surface area (Å²) in [5.41, 5.74) is 0.884. The van der Waals surface area contributed by atoms with Gasteiger partial charge in [0.15, 0.2) is 0 Å². The van der Waals surface area contributed by atoms with E-state index in [-0.39, 0.29) is 18.1 Å². The van der Waals surface area contributed by atoms with Gasteiger partial charge in [0.2, 0.25) is 0 Å². The first-order valence-electron chi connectivity index (χ1n) is 7.93. The number of rotatable bonds is 6. The second-order valence-corrected chi connectivity index (χ2v) is 7.07. The van der Waals surface area contributed by atoms with Crippen molar-refractivity contribution in [3.63, 3.8) is 0 Å². The number of hydrogen-bond donors (Lipinski definition) is 3. The summed E-state index contributed by atoms with van der Waals surface area (Å²) in [5.74, 6) is 0. The minimum absolute atomic E-state index is 0.0793. The lowest BCUT2D eigenvalue weighted by Gasteiger charge is -2.22. The van der Waals surface area contributed by atoms with Crippen LogP contribution in [0.4, 0.5) is 4.79 Å². The van der Waals surface area contributed by atoms with E-state index in [0.29, 0.717) is 11.7 Å². The molecule has 4 nitrogen and oxygen atoms in total. The number of thioether (sulfide) groups is 1. The molecule has 22 heavy (non-hydrogen) atoms. The molecular formula is C17H26N2O2S. The molecule has 5 heteroatoms. The maximum atomic E-state index is 12.1. The summed E-state index contributed by atoms with van der Waals surface area (Å²) in [5, 5.41) is 16.7. The number of carbonyl (C=O) groups is 1. The maximum Gasteiger partial charge on any atom is 0.315 e. The predicted octanol–water partition coefficient (Wildman–Crippen LogP) is 3.08. The molecule has 1 aromatic rings. The molecule has 1 aromatic carbocycles. The van der Waals surface area contributed by atoms with E-state index in [0.717, 1.165) is 12.0 Å². The molecule has 2 amide bonds. The van der Waals surface area contributed by atoms with Crippen LogP contribution in [0.15, 0.2) is 30.3 Å². The van der Waals surface area contributed by atoms with Gasteiger partial charge in [0.25, 0.3) is 0 Å². The number of urea groups is 1. The van der Waals surface area contributed by atoms with Crippen LogP contribution in [0.3, 0.4) is 0 Å². The van der Waals surface area contributed by atoms with Crippen LogP contribution in [0.25, 0.3) is 0 Å². The Kier molecular flexibility index (Phi) is 6.58. The molecule has 1 saturated carbocycles. The van der Waals surface area contributed by atoms with Crippen molar-refractivity contribution in [2.45, 2.75) is 56.0 Å². The van der Waals surface area contributed by atoms with Gasteiger partial charge in [0.1, 0.15) is 0 Å². The van der Waals surface area contributed by atoms with Crippen molar-refractivity contribution in [3.8, 4) is 0 Å². The third-order valence-electron chi connectivity index (χ3n) is 4.21. The number of carbonyl (C=O) groups excluding carboxylic acids is 1. The van der Waals surface area contributed by atoms with Crippen molar-refractivity contribution in [2.24, 2.45) is 0 Å². The van der Waals surface area contributed by atoms with Gasteiger partial charge in [-0.1, -0.05) is 36.8 Å². The molecule has 4 atom stereocenters. The molecule has 0 saturated heterocycles. The summed E-state index contributed by atoms with van der Waals surface area (Å²) in [7, 11) is 0. The van der Waals surface area contributed by atoms with E-state index in [4.69, 9.17) is 0 Å². The summed E-state index contributed by atoms with van der Waals surface area (Å²) >= 11 is 1.83. The van der Waals surface area contributed by atoms with Crippen LogP contribution in [0.2, 0.25) is 0 Å². The number of aliphatic hydroxyl groups is 1. The van der Waals surface area contributed by atoms with Crippen LogP contribution >= 0.6 is 11.8 Å². The van der Waals surface area contributed by atoms with Crippen molar-refractivity contribution >= 4 is 17.8 Å². The van der Waals surface area contributed by atoms with E-state index < -0.39 is 6.10 Å². The minimum Gasteiger partial charge on any atom is -0.388 e. The zero-order valence-corrected chi connectivity index (χ0v) is 14.1. The molecule has 122 valence electrons. The second kappa shape index (κ2) is 8.44. The monoisotopic (exact) mass is 322 g/mol. The van der Waals surface area contributed by atoms with Crippen molar-refractivity contribution in [1.82, 2.24) is 10.6 Å². The lowest BCUT2D eigenvalue weighted by Crippen LogP contribution is -2.47. The van der Waals surface area contributed by atoms with Crippen molar-refractivity contribution in [1.29, 1.82) is 0 Å². The average Bonchev–Trinajstić information content (AvgIpc) is 2.94. The summed E-state index contributed by atoms with van der Waals surface area (Å²) < 4.78 is 0. The van der Waals surface area contributed by atoms with Gasteiger partial charge < -0.3 is 15.7 Å². The zero-order chi connectivity index (χ0) is 15.9. The first-order valence-corrected chi connectivity index (χ1v) is 9.21. The molecule has 2 rings (SSSR count).